The fraction of sp³-hybridized carbons (Fsp3) is 0.200. The van der Waals surface area contributed by atoms with E-state index in [9.17, 15) is 18.0 Å². The van der Waals surface area contributed by atoms with Crippen LogP contribution in [0.15, 0.2) is 48.7 Å². The van der Waals surface area contributed by atoms with Gasteiger partial charge in [-0.25, -0.2) is 0 Å². The number of hydrogen-bond donors (Lipinski definition) is 1. The van der Waals surface area contributed by atoms with E-state index in [-0.39, 0.29) is 17.4 Å². The van der Waals surface area contributed by atoms with Gasteiger partial charge in [0.15, 0.2) is 0 Å². The Kier molecular flexibility index (Phi) is 4.65. The van der Waals surface area contributed by atoms with E-state index in [4.69, 9.17) is 0 Å². The first-order chi connectivity index (χ1) is 10.3. The molecule has 1 aromatic heterocycles. The van der Waals surface area contributed by atoms with Gasteiger partial charge in [0.1, 0.15) is 5.75 Å². The molecule has 0 aliphatic carbocycles. The summed E-state index contributed by atoms with van der Waals surface area (Å²) in [5.41, 5.74) is 0.921. The van der Waals surface area contributed by atoms with Crippen LogP contribution in [0.1, 0.15) is 29.0 Å². The number of ether oxygens (including phenoxy) is 1. The molecule has 2 rings (SSSR count). The number of amides is 1. The molecule has 22 heavy (non-hydrogen) atoms. The van der Waals surface area contributed by atoms with E-state index in [1.165, 1.54) is 12.1 Å². The van der Waals surface area contributed by atoms with Crippen molar-refractivity contribution in [1.82, 2.24) is 10.3 Å². The van der Waals surface area contributed by atoms with Crippen molar-refractivity contribution in [3.63, 3.8) is 0 Å². The van der Waals surface area contributed by atoms with Gasteiger partial charge in [-0.1, -0.05) is 6.07 Å². The topological polar surface area (TPSA) is 51.2 Å². The predicted octanol–water partition coefficient (Wildman–Crippen LogP) is 3.47. The van der Waals surface area contributed by atoms with Crippen LogP contribution in [0.4, 0.5) is 13.2 Å². The van der Waals surface area contributed by atoms with Crippen LogP contribution in [0.2, 0.25) is 0 Å². The first kappa shape index (κ1) is 15.8. The Morgan fingerprint density at radius 3 is 2.41 bits per heavy atom. The Hall–Kier alpha value is -2.57. The summed E-state index contributed by atoms with van der Waals surface area (Å²) in [7, 11) is 0. The molecule has 1 amide bonds. The SMILES string of the molecule is C[C@@H](NC(=O)c1ccc(OC(F)(F)F)cc1)c1ccccn1. The highest BCUT2D eigenvalue weighted by molar-refractivity contribution is 5.94. The number of carbonyl (C=O) groups excluding carboxylic acids is 1. The standard InChI is InChI=1S/C15H13F3N2O2/c1-10(13-4-2-3-9-19-13)20-14(21)11-5-7-12(8-6-11)22-15(16,17)18/h2-10H,1H3,(H,20,21)/t10-/m1/s1. The van der Waals surface area contributed by atoms with E-state index in [0.29, 0.717) is 5.69 Å². The predicted molar refractivity (Wildman–Crippen MR) is 73.2 cm³/mol. The van der Waals surface area contributed by atoms with E-state index in [1.54, 1.807) is 31.3 Å². The minimum atomic E-state index is -4.75. The molecule has 4 nitrogen and oxygen atoms in total. The maximum Gasteiger partial charge on any atom is 0.573 e. The number of pyridine rings is 1. The van der Waals surface area contributed by atoms with Gasteiger partial charge in [0.25, 0.3) is 5.91 Å². The Bertz CT molecular complexity index is 627. The van der Waals surface area contributed by atoms with E-state index in [0.717, 1.165) is 12.1 Å². The number of carbonyl (C=O) groups is 1. The molecule has 1 heterocycles. The number of halogens is 3. The van der Waals surface area contributed by atoms with Crippen molar-refractivity contribution in [2.75, 3.05) is 0 Å². The summed E-state index contributed by atoms with van der Waals surface area (Å²) in [4.78, 5) is 16.1. The molecule has 0 saturated heterocycles. The summed E-state index contributed by atoms with van der Waals surface area (Å²) >= 11 is 0. The molecule has 0 radical (unpaired) electrons. The van der Waals surface area contributed by atoms with Crippen molar-refractivity contribution >= 4 is 5.91 Å². The molecule has 1 N–H and O–H groups in total. The first-order valence-corrected chi connectivity index (χ1v) is 6.43. The molecular formula is C15H13F3N2O2. The largest absolute Gasteiger partial charge is 0.573 e. The summed E-state index contributed by atoms with van der Waals surface area (Å²) in [5, 5.41) is 2.72. The second kappa shape index (κ2) is 6.46. The number of aromatic nitrogens is 1. The molecule has 0 fully saturated rings. The van der Waals surface area contributed by atoms with Crippen LogP contribution >= 0.6 is 0 Å². The number of alkyl halides is 3. The summed E-state index contributed by atoms with van der Waals surface area (Å²) < 4.78 is 39.9. The third-order valence-electron chi connectivity index (χ3n) is 2.83. The number of nitrogens with zero attached hydrogens (tertiary/aromatic N) is 1. The third-order valence-corrected chi connectivity index (χ3v) is 2.83. The quantitative estimate of drug-likeness (QED) is 0.940. The van der Waals surface area contributed by atoms with Gasteiger partial charge in [-0.15, -0.1) is 13.2 Å². The number of rotatable bonds is 4. The highest BCUT2D eigenvalue weighted by Gasteiger charge is 2.31. The molecule has 0 aliphatic heterocycles. The van der Waals surface area contributed by atoms with Gasteiger partial charge in [-0.3, -0.25) is 9.78 Å². The lowest BCUT2D eigenvalue weighted by atomic mass is 10.1. The summed E-state index contributed by atoms with van der Waals surface area (Å²) in [5.74, 6) is -0.779. The second-order valence-corrected chi connectivity index (χ2v) is 4.52. The average Bonchev–Trinajstić information content (AvgIpc) is 2.47. The minimum Gasteiger partial charge on any atom is -0.406 e. The van der Waals surface area contributed by atoms with Crippen molar-refractivity contribution in [1.29, 1.82) is 0 Å². The summed E-state index contributed by atoms with van der Waals surface area (Å²) in [6, 6.07) is 9.72. The van der Waals surface area contributed by atoms with Crippen molar-refractivity contribution in [2.45, 2.75) is 19.3 Å². The smallest absolute Gasteiger partial charge is 0.406 e. The Morgan fingerprint density at radius 2 is 1.86 bits per heavy atom. The van der Waals surface area contributed by atoms with E-state index in [2.05, 4.69) is 15.0 Å². The third kappa shape index (κ3) is 4.47. The maximum atomic E-state index is 12.1. The maximum absolute atomic E-state index is 12.1. The van der Waals surface area contributed by atoms with Gasteiger partial charge in [0, 0.05) is 11.8 Å². The summed E-state index contributed by atoms with van der Waals surface area (Å²) in [6.45, 7) is 1.77. The molecule has 1 atom stereocenters. The average molecular weight is 310 g/mol. The molecule has 0 saturated carbocycles. The van der Waals surface area contributed by atoms with E-state index in [1.807, 2.05) is 0 Å². The van der Waals surface area contributed by atoms with Crippen molar-refractivity contribution in [2.24, 2.45) is 0 Å². The molecule has 7 heteroatoms. The number of hydrogen-bond acceptors (Lipinski definition) is 3. The van der Waals surface area contributed by atoms with Crippen molar-refractivity contribution in [3.05, 3.63) is 59.9 Å². The molecule has 1 aromatic carbocycles. The van der Waals surface area contributed by atoms with Crippen LogP contribution in [0.3, 0.4) is 0 Å². The fourth-order valence-electron chi connectivity index (χ4n) is 1.79. The van der Waals surface area contributed by atoms with Crippen LogP contribution in [0.25, 0.3) is 0 Å². The molecular weight excluding hydrogens is 297 g/mol. The van der Waals surface area contributed by atoms with Gasteiger partial charge >= 0.3 is 6.36 Å². The van der Waals surface area contributed by atoms with Crippen LogP contribution in [-0.4, -0.2) is 17.3 Å². The minimum absolute atomic E-state index is 0.234. The lowest BCUT2D eigenvalue weighted by Gasteiger charge is -2.13. The number of benzene rings is 1. The van der Waals surface area contributed by atoms with Gasteiger partial charge in [-0.2, -0.15) is 0 Å². The monoisotopic (exact) mass is 310 g/mol. The zero-order chi connectivity index (χ0) is 16.2. The first-order valence-electron chi connectivity index (χ1n) is 6.43. The highest BCUT2D eigenvalue weighted by atomic mass is 19.4. The van der Waals surface area contributed by atoms with E-state index < -0.39 is 12.3 Å². The molecule has 0 bridgehead atoms. The van der Waals surface area contributed by atoms with E-state index >= 15 is 0 Å². The second-order valence-electron chi connectivity index (χ2n) is 4.52. The van der Waals surface area contributed by atoms with Crippen molar-refractivity contribution in [3.8, 4) is 5.75 Å². The molecule has 0 aliphatic rings. The highest BCUT2D eigenvalue weighted by Crippen LogP contribution is 2.22. The van der Waals surface area contributed by atoms with Gasteiger partial charge in [-0.05, 0) is 43.3 Å². The molecule has 0 spiro atoms. The molecule has 116 valence electrons. The normalized spacial score (nSPS) is 12.5. The van der Waals surface area contributed by atoms with Crippen LogP contribution < -0.4 is 10.1 Å². The Balaban J connectivity index is 2.01. The lowest BCUT2D eigenvalue weighted by molar-refractivity contribution is -0.274. The number of nitrogens with one attached hydrogen (secondary N) is 1. The lowest BCUT2D eigenvalue weighted by Crippen LogP contribution is -2.27. The Morgan fingerprint density at radius 1 is 1.18 bits per heavy atom. The molecule has 2 aromatic rings. The molecule has 0 unspecified atom stereocenters. The van der Waals surface area contributed by atoms with Crippen molar-refractivity contribution < 1.29 is 22.7 Å². The Labute approximate surface area is 124 Å². The van der Waals surface area contributed by atoms with Gasteiger partial charge in [0.2, 0.25) is 0 Å². The van der Waals surface area contributed by atoms with Gasteiger partial charge < -0.3 is 10.1 Å². The summed E-state index contributed by atoms with van der Waals surface area (Å²) in [6.07, 6.45) is -3.14. The zero-order valence-electron chi connectivity index (χ0n) is 11.6. The van der Waals surface area contributed by atoms with Gasteiger partial charge in [0.05, 0.1) is 11.7 Å². The fourth-order valence-corrected chi connectivity index (χ4v) is 1.79. The van der Waals surface area contributed by atoms with Crippen LogP contribution in [0, 0.1) is 0 Å². The van der Waals surface area contributed by atoms with Crippen LogP contribution in [0.5, 0.6) is 5.75 Å². The van der Waals surface area contributed by atoms with Crippen LogP contribution in [-0.2, 0) is 0 Å². The zero-order valence-corrected chi connectivity index (χ0v) is 11.6.